The molecule has 2 aliphatic rings. The molecule has 5 heteroatoms. The number of benzene rings is 2. The van der Waals surface area contributed by atoms with Crippen LogP contribution in [0, 0.1) is 17.7 Å². The molecule has 0 spiro atoms. The van der Waals surface area contributed by atoms with Crippen LogP contribution in [-0.4, -0.2) is 42.4 Å². The summed E-state index contributed by atoms with van der Waals surface area (Å²) in [7, 11) is 2.15. The van der Waals surface area contributed by atoms with Gasteiger partial charge in [-0.1, -0.05) is 48.0 Å². The second-order valence-corrected chi connectivity index (χ2v) is 7.80. The molecule has 3 atom stereocenters. The Bertz CT molecular complexity index is 793. The van der Waals surface area contributed by atoms with Gasteiger partial charge in [0.25, 0.3) is 0 Å². The van der Waals surface area contributed by atoms with E-state index in [1.54, 1.807) is 12.1 Å². The number of hydrogen-bond donors (Lipinski definition) is 0. The molecule has 136 valence electrons. The van der Waals surface area contributed by atoms with Gasteiger partial charge in [-0.05, 0) is 30.7 Å². The summed E-state index contributed by atoms with van der Waals surface area (Å²) in [5.41, 5.74) is 1.60. The maximum absolute atomic E-state index is 14.0. The first-order valence-electron chi connectivity index (χ1n) is 9.00. The minimum absolute atomic E-state index is 0.0246. The molecule has 3 nitrogen and oxygen atoms in total. The van der Waals surface area contributed by atoms with E-state index in [-0.39, 0.29) is 12.3 Å². The molecule has 1 amide bonds. The Balaban J connectivity index is 1.49. The highest BCUT2D eigenvalue weighted by Gasteiger charge is 2.47. The maximum Gasteiger partial charge on any atom is 0.227 e. The lowest BCUT2D eigenvalue weighted by Crippen LogP contribution is -2.34. The standard InChI is InChI=1S/C21H22ClFN2O/c1-24-11-15-12-25(13-17(15)21(24)14-6-3-2-4-7-14)20(26)10-16-18(22)8-5-9-19(16)23/h2-9,15,17,21H,10-13H2,1H3/t15-,17+,21-/m0/s1. The first-order chi connectivity index (χ1) is 12.5. The number of carbonyl (C=O) groups is 1. The van der Waals surface area contributed by atoms with Crippen LogP contribution in [0.4, 0.5) is 4.39 Å². The number of amides is 1. The molecule has 0 aromatic heterocycles. The minimum Gasteiger partial charge on any atom is -0.342 e. The molecule has 0 radical (unpaired) electrons. The second-order valence-electron chi connectivity index (χ2n) is 7.39. The average Bonchev–Trinajstić information content (AvgIpc) is 3.15. The molecule has 2 aliphatic heterocycles. The summed E-state index contributed by atoms with van der Waals surface area (Å²) in [6.07, 6.45) is 0.0246. The Morgan fingerprint density at radius 2 is 1.88 bits per heavy atom. The normalized spacial score (nSPS) is 25.5. The molecule has 2 aromatic rings. The van der Waals surface area contributed by atoms with Crippen molar-refractivity contribution in [3.8, 4) is 0 Å². The van der Waals surface area contributed by atoms with Gasteiger partial charge >= 0.3 is 0 Å². The molecule has 0 unspecified atom stereocenters. The number of likely N-dealkylation sites (tertiary alicyclic amines) is 2. The van der Waals surface area contributed by atoms with Gasteiger partial charge < -0.3 is 4.90 Å². The van der Waals surface area contributed by atoms with E-state index < -0.39 is 5.82 Å². The average molecular weight is 373 g/mol. The van der Waals surface area contributed by atoms with Crippen LogP contribution in [0.5, 0.6) is 0 Å². The van der Waals surface area contributed by atoms with Crippen LogP contribution < -0.4 is 0 Å². The van der Waals surface area contributed by atoms with Crippen molar-refractivity contribution in [3.63, 3.8) is 0 Å². The van der Waals surface area contributed by atoms with Gasteiger partial charge in [-0.3, -0.25) is 9.69 Å². The van der Waals surface area contributed by atoms with E-state index in [1.807, 2.05) is 11.0 Å². The van der Waals surface area contributed by atoms with Crippen molar-refractivity contribution in [2.24, 2.45) is 11.8 Å². The fourth-order valence-corrected chi connectivity index (χ4v) is 4.81. The van der Waals surface area contributed by atoms with Crippen molar-refractivity contribution in [2.75, 3.05) is 26.7 Å². The SMILES string of the molecule is CN1C[C@H]2CN(C(=O)Cc3c(F)cccc3Cl)C[C@H]2[C@@H]1c1ccccc1. The molecule has 0 saturated carbocycles. The quantitative estimate of drug-likeness (QED) is 0.818. The predicted molar refractivity (Wildman–Crippen MR) is 100 cm³/mol. The van der Waals surface area contributed by atoms with Gasteiger partial charge in [0.2, 0.25) is 5.91 Å². The molecule has 26 heavy (non-hydrogen) atoms. The number of rotatable bonds is 3. The Morgan fingerprint density at radius 1 is 1.12 bits per heavy atom. The molecule has 0 aliphatic carbocycles. The van der Waals surface area contributed by atoms with Crippen molar-refractivity contribution in [1.29, 1.82) is 0 Å². The largest absolute Gasteiger partial charge is 0.342 e. The Labute approximate surface area is 158 Å². The van der Waals surface area contributed by atoms with Crippen LogP contribution in [-0.2, 0) is 11.2 Å². The van der Waals surface area contributed by atoms with Crippen molar-refractivity contribution >= 4 is 17.5 Å². The van der Waals surface area contributed by atoms with Gasteiger partial charge in [0, 0.05) is 42.2 Å². The van der Waals surface area contributed by atoms with Crippen LogP contribution in [0.25, 0.3) is 0 Å². The van der Waals surface area contributed by atoms with Crippen molar-refractivity contribution in [3.05, 3.63) is 70.5 Å². The Hall–Kier alpha value is -1.91. The summed E-state index contributed by atoms with van der Waals surface area (Å²) in [5.74, 6) is 0.431. The van der Waals surface area contributed by atoms with E-state index in [4.69, 9.17) is 11.6 Å². The monoisotopic (exact) mass is 372 g/mol. The van der Waals surface area contributed by atoms with E-state index in [0.29, 0.717) is 28.5 Å². The second kappa shape index (κ2) is 7.01. The molecule has 2 saturated heterocycles. The number of carbonyl (C=O) groups excluding carboxylic acids is 1. The number of nitrogens with zero attached hydrogens (tertiary/aromatic N) is 2. The number of halogens is 2. The van der Waals surface area contributed by atoms with Gasteiger partial charge in [0.05, 0.1) is 6.42 Å². The third kappa shape index (κ3) is 3.12. The molecular weight excluding hydrogens is 351 g/mol. The molecule has 4 rings (SSSR count). The van der Waals surface area contributed by atoms with Crippen LogP contribution in [0.2, 0.25) is 5.02 Å². The lowest BCUT2D eigenvalue weighted by molar-refractivity contribution is -0.129. The molecule has 2 heterocycles. The van der Waals surface area contributed by atoms with Gasteiger partial charge in [-0.25, -0.2) is 4.39 Å². The first-order valence-corrected chi connectivity index (χ1v) is 9.38. The van der Waals surface area contributed by atoms with E-state index >= 15 is 0 Å². The van der Waals surface area contributed by atoms with Crippen LogP contribution >= 0.6 is 11.6 Å². The zero-order valence-corrected chi connectivity index (χ0v) is 15.5. The summed E-state index contributed by atoms with van der Waals surface area (Å²) in [6, 6.07) is 15.4. The smallest absolute Gasteiger partial charge is 0.227 e. The Kier molecular flexibility index (Phi) is 4.72. The number of fused-ring (bicyclic) bond motifs is 1. The van der Waals surface area contributed by atoms with Crippen LogP contribution in [0.15, 0.2) is 48.5 Å². The molecule has 0 N–H and O–H groups in total. The highest BCUT2D eigenvalue weighted by molar-refractivity contribution is 6.31. The van der Waals surface area contributed by atoms with Crippen molar-refractivity contribution < 1.29 is 9.18 Å². The molecule has 2 aromatic carbocycles. The summed E-state index contributed by atoms with van der Waals surface area (Å²) in [5, 5.41) is 0.319. The lowest BCUT2D eigenvalue weighted by Gasteiger charge is -2.27. The highest BCUT2D eigenvalue weighted by Crippen LogP contribution is 2.44. The fraction of sp³-hybridized carbons (Fsp3) is 0.381. The molecule has 0 bridgehead atoms. The van der Waals surface area contributed by atoms with Crippen LogP contribution in [0.3, 0.4) is 0 Å². The van der Waals surface area contributed by atoms with Gasteiger partial charge in [0.15, 0.2) is 0 Å². The van der Waals surface area contributed by atoms with Crippen LogP contribution in [0.1, 0.15) is 17.2 Å². The van der Waals surface area contributed by atoms with Gasteiger partial charge in [0.1, 0.15) is 5.82 Å². The van der Waals surface area contributed by atoms with Gasteiger partial charge in [-0.2, -0.15) is 0 Å². The van der Waals surface area contributed by atoms with E-state index in [0.717, 1.165) is 19.6 Å². The number of hydrogen-bond acceptors (Lipinski definition) is 2. The summed E-state index contributed by atoms with van der Waals surface area (Å²) >= 11 is 6.08. The highest BCUT2D eigenvalue weighted by atomic mass is 35.5. The topological polar surface area (TPSA) is 23.6 Å². The third-order valence-corrected chi connectivity index (χ3v) is 6.13. The van der Waals surface area contributed by atoms with E-state index in [2.05, 4.69) is 36.2 Å². The van der Waals surface area contributed by atoms with Crippen molar-refractivity contribution in [1.82, 2.24) is 9.80 Å². The molecular formula is C21H22ClFN2O. The summed E-state index contributed by atoms with van der Waals surface area (Å²) < 4.78 is 14.0. The fourth-order valence-electron chi connectivity index (χ4n) is 4.58. The van der Waals surface area contributed by atoms with E-state index in [1.165, 1.54) is 11.6 Å². The predicted octanol–water partition coefficient (Wildman–Crippen LogP) is 3.78. The zero-order valence-electron chi connectivity index (χ0n) is 14.7. The maximum atomic E-state index is 14.0. The minimum atomic E-state index is -0.410. The van der Waals surface area contributed by atoms with Gasteiger partial charge in [-0.15, -0.1) is 0 Å². The summed E-state index contributed by atoms with van der Waals surface area (Å²) in [6.45, 7) is 2.44. The molecule has 2 fully saturated rings. The lowest BCUT2D eigenvalue weighted by atomic mass is 9.90. The first kappa shape index (κ1) is 17.5. The van der Waals surface area contributed by atoms with E-state index in [9.17, 15) is 9.18 Å². The third-order valence-electron chi connectivity index (χ3n) is 5.78. The zero-order chi connectivity index (χ0) is 18.3. The Morgan fingerprint density at radius 3 is 2.62 bits per heavy atom. The van der Waals surface area contributed by atoms with Crippen molar-refractivity contribution in [2.45, 2.75) is 12.5 Å². The summed E-state index contributed by atoms with van der Waals surface area (Å²) in [4.78, 5) is 17.0.